The minimum Gasteiger partial charge on any atom is -0.483 e. The number of hydrogen-bond acceptors (Lipinski definition) is 5. The first-order valence-electron chi connectivity index (χ1n) is 8.80. The first kappa shape index (κ1) is 21.1. The van der Waals surface area contributed by atoms with Gasteiger partial charge in [0.05, 0.1) is 9.38 Å². The molecule has 1 aliphatic rings. The Bertz CT molecular complexity index is 1000. The molecule has 150 valence electrons. The average molecular weight is 474 g/mol. The average Bonchev–Trinajstić information content (AvgIpc) is 2.97. The normalized spacial score (nSPS) is 16.6. The lowest BCUT2D eigenvalue weighted by atomic mass is 10.2. The van der Waals surface area contributed by atoms with Gasteiger partial charge in [0.2, 0.25) is 0 Å². The quantitative estimate of drug-likeness (QED) is 0.656. The Balaban J connectivity index is 1.62. The van der Waals surface area contributed by atoms with Crippen LogP contribution in [0.4, 0.5) is 5.69 Å². The molecule has 0 aliphatic carbocycles. The van der Waals surface area contributed by atoms with Gasteiger partial charge in [-0.25, -0.2) is 0 Å². The van der Waals surface area contributed by atoms with E-state index in [1.165, 1.54) is 16.7 Å². The second kappa shape index (κ2) is 9.28. The number of amidine groups is 1. The summed E-state index contributed by atoms with van der Waals surface area (Å²) in [7, 11) is 3.36. The summed E-state index contributed by atoms with van der Waals surface area (Å²) in [5.41, 5.74) is 2.69. The number of nitrogens with zero attached hydrogens (tertiary/aromatic N) is 2. The highest BCUT2D eigenvalue weighted by molar-refractivity contribution is 9.10. The van der Waals surface area contributed by atoms with Crippen molar-refractivity contribution in [2.75, 3.05) is 26.0 Å². The lowest BCUT2D eigenvalue weighted by molar-refractivity contribution is -0.121. The van der Waals surface area contributed by atoms with Crippen LogP contribution < -0.4 is 10.1 Å². The monoisotopic (exact) mass is 473 g/mol. The van der Waals surface area contributed by atoms with Gasteiger partial charge in [-0.05, 0) is 70.5 Å². The molecule has 1 N–H and O–H groups in total. The molecule has 1 aliphatic heterocycles. The lowest BCUT2D eigenvalue weighted by Crippen LogP contribution is -2.23. The minimum atomic E-state index is -0.241. The Morgan fingerprint density at radius 2 is 2.00 bits per heavy atom. The van der Waals surface area contributed by atoms with Crippen LogP contribution in [0.2, 0.25) is 0 Å². The van der Waals surface area contributed by atoms with Gasteiger partial charge in [0.1, 0.15) is 5.75 Å². The fraction of sp³-hybridized carbons (Fsp3) is 0.190. The van der Waals surface area contributed by atoms with Crippen LogP contribution >= 0.6 is 27.7 Å². The van der Waals surface area contributed by atoms with E-state index in [2.05, 4.69) is 26.2 Å². The zero-order valence-electron chi connectivity index (χ0n) is 16.2. The smallest absolute Gasteiger partial charge is 0.266 e. The predicted molar refractivity (Wildman–Crippen MR) is 121 cm³/mol. The number of carbonyl (C=O) groups is 2. The van der Waals surface area contributed by atoms with Gasteiger partial charge in [-0.3, -0.25) is 19.5 Å². The summed E-state index contributed by atoms with van der Waals surface area (Å²) in [6.45, 7) is 1.88. The molecule has 29 heavy (non-hydrogen) atoms. The summed E-state index contributed by atoms with van der Waals surface area (Å²) in [6, 6.07) is 13.0. The van der Waals surface area contributed by atoms with Crippen molar-refractivity contribution in [1.29, 1.82) is 0 Å². The summed E-state index contributed by atoms with van der Waals surface area (Å²) >= 11 is 4.80. The summed E-state index contributed by atoms with van der Waals surface area (Å²) < 4.78 is 6.31. The molecule has 3 rings (SSSR count). The van der Waals surface area contributed by atoms with E-state index in [1.807, 2.05) is 43.3 Å². The predicted octanol–water partition coefficient (Wildman–Crippen LogP) is 4.31. The SMILES string of the molecule is CN=C1S/C(=C\c2ccc(OCC(=O)Nc3ccc(C)cc3)c(Br)c2)C(=O)N1C. The molecule has 1 saturated heterocycles. The molecule has 0 spiro atoms. The molecule has 0 saturated carbocycles. The van der Waals surface area contributed by atoms with Crippen LogP contribution in [0.15, 0.2) is 56.8 Å². The molecular formula is C21H20BrN3O3S. The zero-order chi connectivity index (χ0) is 21.0. The molecule has 0 atom stereocenters. The number of anilines is 1. The Kier molecular flexibility index (Phi) is 6.76. The van der Waals surface area contributed by atoms with Crippen LogP contribution in [0.5, 0.6) is 5.75 Å². The lowest BCUT2D eigenvalue weighted by Gasteiger charge is -2.10. The van der Waals surface area contributed by atoms with E-state index < -0.39 is 0 Å². The molecule has 1 heterocycles. The number of carbonyl (C=O) groups excluding carboxylic acids is 2. The van der Waals surface area contributed by atoms with Crippen LogP contribution in [0.25, 0.3) is 6.08 Å². The van der Waals surface area contributed by atoms with Crippen molar-refractivity contribution < 1.29 is 14.3 Å². The van der Waals surface area contributed by atoms with Gasteiger partial charge in [-0.2, -0.15) is 0 Å². The molecule has 8 heteroatoms. The third kappa shape index (κ3) is 5.27. The third-order valence-electron chi connectivity index (χ3n) is 4.14. The van der Waals surface area contributed by atoms with E-state index in [0.29, 0.717) is 20.3 Å². The summed E-state index contributed by atoms with van der Waals surface area (Å²) in [6.07, 6.45) is 1.81. The Morgan fingerprint density at radius 3 is 2.62 bits per heavy atom. The van der Waals surface area contributed by atoms with Gasteiger partial charge < -0.3 is 10.1 Å². The van der Waals surface area contributed by atoms with Crippen molar-refractivity contribution >= 4 is 56.4 Å². The van der Waals surface area contributed by atoms with Crippen LogP contribution in [0.1, 0.15) is 11.1 Å². The third-order valence-corrected chi connectivity index (χ3v) is 5.91. The molecule has 0 aromatic heterocycles. The van der Waals surface area contributed by atoms with Crippen LogP contribution in [0.3, 0.4) is 0 Å². The number of nitrogens with one attached hydrogen (secondary N) is 1. The molecule has 0 radical (unpaired) electrons. The maximum absolute atomic E-state index is 12.3. The van der Waals surface area contributed by atoms with Crippen LogP contribution in [-0.4, -0.2) is 42.6 Å². The number of likely N-dealkylation sites (N-methyl/N-ethyl adjacent to an activating group) is 1. The summed E-state index contributed by atoms with van der Waals surface area (Å²) in [5.74, 6) is 0.221. The molecule has 2 aromatic rings. The highest BCUT2D eigenvalue weighted by atomic mass is 79.9. The Hall–Kier alpha value is -2.58. The Labute approximate surface area is 182 Å². The molecular weight excluding hydrogens is 454 g/mol. The van der Waals surface area contributed by atoms with Crippen molar-refractivity contribution in [3.8, 4) is 5.75 Å². The highest BCUT2D eigenvalue weighted by Crippen LogP contribution is 2.33. The van der Waals surface area contributed by atoms with Crippen molar-refractivity contribution in [2.24, 2.45) is 4.99 Å². The number of aryl methyl sites for hydroxylation is 1. The van der Waals surface area contributed by atoms with E-state index in [4.69, 9.17) is 4.74 Å². The van der Waals surface area contributed by atoms with E-state index in [-0.39, 0.29) is 18.4 Å². The first-order chi connectivity index (χ1) is 13.9. The second-order valence-electron chi connectivity index (χ2n) is 6.37. The fourth-order valence-corrected chi connectivity index (χ4v) is 4.04. The van der Waals surface area contributed by atoms with Crippen molar-refractivity contribution in [1.82, 2.24) is 4.90 Å². The number of rotatable bonds is 5. The molecule has 1 fully saturated rings. The largest absolute Gasteiger partial charge is 0.483 e. The minimum absolute atomic E-state index is 0.0835. The van der Waals surface area contributed by atoms with Gasteiger partial charge >= 0.3 is 0 Å². The number of hydrogen-bond donors (Lipinski definition) is 1. The van der Waals surface area contributed by atoms with Crippen LogP contribution in [-0.2, 0) is 9.59 Å². The van der Waals surface area contributed by atoms with E-state index in [1.54, 1.807) is 26.2 Å². The molecule has 2 aromatic carbocycles. The summed E-state index contributed by atoms with van der Waals surface area (Å²) in [5, 5.41) is 3.46. The van der Waals surface area contributed by atoms with Gasteiger partial charge in [-0.1, -0.05) is 23.8 Å². The Morgan fingerprint density at radius 1 is 1.28 bits per heavy atom. The van der Waals surface area contributed by atoms with E-state index in [9.17, 15) is 9.59 Å². The standard InChI is InChI=1S/C21H20BrN3O3S/c1-13-4-7-15(8-5-13)24-19(26)12-28-17-9-6-14(10-16(17)22)11-18-20(27)25(3)21(23-2)29-18/h4-11H,12H2,1-3H3,(H,24,26)/b18-11-,23-21?. The maximum Gasteiger partial charge on any atom is 0.266 e. The summed E-state index contributed by atoms with van der Waals surface area (Å²) in [4.78, 5) is 30.6. The van der Waals surface area contributed by atoms with Gasteiger partial charge in [-0.15, -0.1) is 0 Å². The van der Waals surface area contributed by atoms with Gasteiger partial charge in [0.15, 0.2) is 11.8 Å². The number of ether oxygens (including phenoxy) is 1. The number of halogens is 1. The number of aliphatic imine (C=N–C) groups is 1. The first-order valence-corrected chi connectivity index (χ1v) is 10.4. The topological polar surface area (TPSA) is 71.0 Å². The molecule has 6 nitrogen and oxygen atoms in total. The highest BCUT2D eigenvalue weighted by Gasteiger charge is 2.29. The van der Waals surface area contributed by atoms with Crippen molar-refractivity contribution in [3.05, 3.63) is 63.0 Å². The second-order valence-corrected chi connectivity index (χ2v) is 8.24. The van der Waals surface area contributed by atoms with E-state index in [0.717, 1.165) is 16.8 Å². The zero-order valence-corrected chi connectivity index (χ0v) is 18.6. The molecule has 0 unspecified atom stereocenters. The van der Waals surface area contributed by atoms with Gasteiger partial charge in [0, 0.05) is 19.8 Å². The number of thioether (sulfide) groups is 1. The molecule has 0 bridgehead atoms. The molecule has 2 amide bonds. The van der Waals surface area contributed by atoms with Crippen molar-refractivity contribution in [2.45, 2.75) is 6.92 Å². The van der Waals surface area contributed by atoms with E-state index >= 15 is 0 Å². The van der Waals surface area contributed by atoms with Crippen molar-refractivity contribution in [3.63, 3.8) is 0 Å². The maximum atomic E-state index is 12.3. The fourth-order valence-electron chi connectivity index (χ4n) is 2.60. The van der Waals surface area contributed by atoms with Crippen LogP contribution in [0, 0.1) is 6.92 Å². The number of benzene rings is 2. The van der Waals surface area contributed by atoms with Gasteiger partial charge in [0.25, 0.3) is 11.8 Å². The number of amides is 2.